The highest BCUT2D eigenvalue weighted by atomic mass is 32.1. The van der Waals surface area contributed by atoms with E-state index in [9.17, 15) is 34.2 Å². The molecule has 0 spiro atoms. The molecule has 1 saturated heterocycles. The Bertz CT molecular complexity index is 2440. The fourth-order valence-corrected chi connectivity index (χ4v) is 10.1. The number of aryl methyl sites for hydroxylation is 3. The monoisotopic (exact) mass is 950 g/mol. The number of ether oxygens (including phenoxy) is 1. The lowest BCUT2D eigenvalue weighted by Crippen LogP contribution is -2.57. The van der Waals surface area contributed by atoms with E-state index in [1.165, 1.54) is 4.90 Å². The van der Waals surface area contributed by atoms with Gasteiger partial charge in [-0.2, -0.15) is 0 Å². The van der Waals surface area contributed by atoms with Gasteiger partial charge in [-0.1, -0.05) is 87.5 Å². The number of nitrogens with zero attached hydrogens (tertiary/aromatic N) is 3. The molecule has 1 fully saturated rings. The van der Waals surface area contributed by atoms with Crippen molar-refractivity contribution >= 4 is 46.6 Å². The molecule has 1 aromatic heterocycles. The van der Waals surface area contributed by atoms with Gasteiger partial charge >= 0.3 is 0 Å². The summed E-state index contributed by atoms with van der Waals surface area (Å²) in [5.74, 6) is -1.71. The van der Waals surface area contributed by atoms with Crippen molar-refractivity contribution in [1.29, 1.82) is 0 Å². The third-order valence-corrected chi connectivity index (χ3v) is 14.3. The second-order valence-corrected chi connectivity index (χ2v) is 20.4. The average Bonchev–Trinajstić information content (AvgIpc) is 4.03. The average molecular weight is 951 g/mol. The number of aromatic nitrogens is 1. The lowest BCUT2D eigenvalue weighted by molar-refractivity contribution is -0.144. The number of likely N-dealkylation sites (tertiary alicyclic amines) is 1. The fraction of sp³-hybridized carbons (Fsp3) is 0.490. The Morgan fingerprint density at radius 2 is 1.63 bits per heavy atom. The number of rotatable bonds is 18. The van der Waals surface area contributed by atoms with E-state index in [1.54, 1.807) is 16.2 Å². The number of carbonyl (C=O) groups excluding carboxylic acids is 5. The number of carbonyl (C=O) groups is 5. The van der Waals surface area contributed by atoms with Gasteiger partial charge in [0.25, 0.3) is 0 Å². The maximum Gasteiger partial charge on any atom is 0.246 e. The number of aliphatic hydroxyl groups excluding tert-OH is 2. The fourth-order valence-electron chi connectivity index (χ4n) is 9.33. The first kappa shape index (κ1) is 50.3. The molecule has 5 amide bonds. The highest BCUT2D eigenvalue weighted by Gasteiger charge is 2.45. The van der Waals surface area contributed by atoms with Gasteiger partial charge in [-0.25, -0.2) is 4.98 Å². The number of nitrogens with one attached hydrogen (secondary N) is 3. The summed E-state index contributed by atoms with van der Waals surface area (Å²) in [6.45, 7) is 9.82. The van der Waals surface area contributed by atoms with Crippen LogP contribution in [0.4, 0.5) is 5.69 Å². The Morgan fingerprint density at radius 3 is 2.31 bits per heavy atom. The van der Waals surface area contributed by atoms with Crippen LogP contribution in [0.2, 0.25) is 0 Å². The summed E-state index contributed by atoms with van der Waals surface area (Å²) < 4.78 is 6.27. The Morgan fingerprint density at radius 1 is 0.941 bits per heavy atom. The highest BCUT2D eigenvalue weighted by Crippen LogP contribution is 2.39. The number of anilines is 1. The summed E-state index contributed by atoms with van der Waals surface area (Å²) in [5, 5.41) is 29.5. The number of β-amino-alcohol motifs (C(OH)–C–C–N with tert-alkyl or cyclic N) is 1. The lowest BCUT2D eigenvalue weighted by atomic mass is 9.85. The zero-order valence-electron chi connectivity index (χ0n) is 39.6. The van der Waals surface area contributed by atoms with Gasteiger partial charge in [-0.05, 0) is 84.7 Å². The standard InChI is InChI=1S/C51H66N8O8S/c1-29-45(68-28-55-29)35-16-13-32(14-17-35)25-54-47(63)40-24-37(60)26-58(40)50(66)46(51(3,4)5)57-43(62)22-15-31-9-11-33(12-10-31)27-67-30(2)39(20-21-42(53)61)56-48(64)41-23-36-8-6-7-34-18-19-38(52)49(65)59(41)44(34)36/h6-14,16-17,28,30,37-42,46,60-61H,15,18-27,52-53H2,1-5H3,(H,54,63)(H,56,64)(H,57,62)/t30-,37-,38+,39+,40+,41+,42?,46-/m1/s1. The number of aliphatic hydroxyl groups is 2. The van der Waals surface area contributed by atoms with E-state index in [1.807, 2.05) is 107 Å². The van der Waals surface area contributed by atoms with E-state index < -0.39 is 60.0 Å². The second kappa shape index (κ2) is 21.8. The maximum atomic E-state index is 14.1. The van der Waals surface area contributed by atoms with E-state index in [-0.39, 0.29) is 62.6 Å². The third-order valence-electron chi connectivity index (χ3n) is 13.3. The van der Waals surface area contributed by atoms with Crippen molar-refractivity contribution in [3.05, 3.63) is 106 Å². The molecule has 9 N–H and O–H groups in total. The number of nitrogens with two attached hydrogens (primary N) is 2. The largest absolute Gasteiger partial charge is 0.391 e. The van der Waals surface area contributed by atoms with E-state index in [4.69, 9.17) is 16.2 Å². The van der Waals surface area contributed by atoms with Crippen molar-refractivity contribution in [3.8, 4) is 10.4 Å². The van der Waals surface area contributed by atoms with Gasteiger partial charge in [0.2, 0.25) is 29.5 Å². The van der Waals surface area contributed by atoms with Crippen LogP contribution in [0.25, 0.3) is 10.4 Å². The second-order valence-electron chi connectivity index (χ2n) is 19.5. The van der Waals surface area contributed by atoms with Crippen LogP contribution < -0.4 is 32.3 Å². The Balaban J connectivity index is 0.901. The van der Waals surface area contributed by atoms with Crippen LogP contribution in [0, 0.1) is 12.3 Å². The molecule has 0 radical (unpaired) electrons. The maximum absolute atomic E-state index is 14.1. The van der Waals surface area contributed by atoms with E-state index >= 15 is 0 Å². The quantitative estimate of drug-likeness (QED) is 0.0712. The molecule has 3 aromatic carbocycles. The van der Waals surface area contributed by atoms with Gasteiger partial charge in [-0.3, -0.25) is 28.9 Å². The topological polar surface area (TPSA) is 243 Å². The molecular formula is C51H66N8O8S. The minimum Gasteiger partial charge on any atom is -0.391 e. The summed E-state index contributed by atoms with van der Waals surface area (Å²) in [6.07, 6.45) is 0.244. The van der Waals surface area contributed by atoms with Gasteiger partial charge in [0.15, 0.2) is 0 Å². The van der Waals surface area contributed by atoms with Crippen LogP contribution in [-0.4, -0.2) is 105 Å². The molecule has 0 bridgehead atoms. The first-order valence-corrected chi connectivity index (χ1v) is 24.4. The molecule has 4 aromatic rings. The Hall–Kier alpha value is -5.56. The smallest absolute Gasteiger partial charge is 0.246 e. The first-order chi connectivity index (χ1) is 32.4. The molecule has 4 heterocycles. The molecule has 364 valence electrons. The summed E-state index contributed by atoms with van der Waals surface area (Å²) >= 11 is 1.57. The third kappa shape index (κ3) is 12.0. The zero-order valence-corrected chi connectivity index (χ0v) is 40.4. The van der Waals surface area contributed by atoms with Crippen LogP contribution >= 0.6 is 11.3 Å². The van der Waals surface area contributed by atoms with Gasteiger partial charge in [-0.15, -0.1) is 11.3 Å². The van der Waals surface area contributed by atoms with Crippen molar-refractivity contribution < 1.29 is 38.9 Å². The van der Waals surface area contributed by atoms with Crippen LogP contribution in [0.15, 0.2) is 72.2 Å². The summed E-state index contributed by atoms with van der Waals surface area (Å²) in [4.78, 5) is 76.9. The molecule has 17 heteroatoms. The normalized spacial score (nSPS) is 20.8. The Kier molecular flexibility index (Phi) is 16.1. The highest BCUT2D eigenvalue weighted by molar-refractivity contribution is 7.13. The van der Waals surface area contributed by atoms with E-state index in [0.29, 0.717) is 32.1 Å². The van der Waals surface area contributed by atoms with Crippen molar-refractivity contribution in [3.63, 3.8) is 0 Å². The molecule has 7 rings (SSSR count). The number of hydrogen-bond acceptors (Lipinski definition) is 12. The molecular weight excluding hydrogens is 885 g/mol. The minimum atomic E-state index is -1.08. The van der Waals surface area contributed by atoms with Crippen molar-refractivity contribution in [2.45, 2.75) is 148 Å². The minimum absolute atomic E-state index is 0.0177. The number of amides is 5. The molecule has 16 nitrogen and oxygen atoms in total. The molecule has 8 atom stereocenters. The van der Waals surface area contributed by atoms with Crippen LogP contribution in [0.3, 0.4) is 0 Å². The Labute approximate surface area is 402 Å². The van der Waals surface area contributed by atoms with Crippen molar-refractivity contribution in [2.75, 3.05) is 11.4 Å². The molecule has 0 aliphatic carbocycles. The first-order valence-electron chi connectivity index (χ1n) is 23.6. The molecule has 3 aliphatic rings. The molecule has 68 heavy (non-hydrogen) atoms. The van der Waals surface area contributed by atoms with Gasteiger partial charge in [0, 0.05) is 32.4 Å². The van der Waals surface area contributed by atoms with Crippen LogP contribution in [-0.2, 0) is 61.1 Å². The van der Waals surface area contributed by atoms with Crippen molar-refractivity contribution in [1.82, 2.24) is 25.8 Å². The predicted octanol–water partition coefficient (Wildman–Crippen LogP) is 3.54. The van der Waals surface area contributed by atoms with E-state index in [2.05, 4.69) is 20.9 Å². The lowest BCUT2D eigenvalue weighted by Gasteiger charge is -2.35. The van der Waals surface area contributed by atoms with Crippen molar-refractivity contribution in [2.24, 2.45) is 16.9 Å². The van der Waals surface area contributed by atoms with Gasteiger partial charge in [0.1, 0.15) is 24.4 Å². The zero-order chi connectivity index (χ0) is 48.9. The number of benzene rings is 3. The molecule has 0 saturated carbocycles. The molecule has 3 aliphatic heterocycles. The van der Waals surface area contributed by atoms with Crippen LogP contribution in [0.5, 0.6) is 0 Å². The number of para-hydroxylation sites is 1. The van der Waals surface area contributed by atoms with Crippen LogP contribution in [0.1, 0.15) is 93.3 Å². The van der Waals surface area contributed by atoms with E-state index in [0.717, 1.165) is 49.6 Å². The SMILES string of the molecule is Cc1ncsc1-c1ccc(CNC(=O)[C@@H]2C[C@@H](O)CN2C(=O)[C@@H](NC(=O)CCc2ccc(CO[C@H](C)[C@H](CCC(N)O)NC(=O)[C@@H]3Cc4cccc5c4N3C(=O)[C@@H](N)CC5)cc2)C(C)(C)C)cc1. The molecule has 1 unspecified atom stereocenters. The predicted molar refractivity (Wildman–Crippen MR) is 260 cm³/mol. The van der Waals surface area contributed by atoms with Gasteiger partial charge in [0.05, 0.1) is 52.7 Å². The summed E-state index contributed by atoms with van der Waals surface area (Å²) in [6, 6.07) is 17.5. The van der Waals surface area contributed by atoms with Gasteiger partial charge < -0.3 is 47.3 Å². The number of hydrogen-bond donors (Lipinski definition) is 7. The summed E-state index contributed by atoms with van der Waals surface area (Å²) in [7, 11) is 0. The number of thiazole rings is 1. The summed E-state index contributed by atoms with van der Waals surface area (Å²) in [5.41, 5.74) is 20.4.